The number of anilines is 1. The van der Waals surface area contributed by atoms with E-state index in [9.17, 15) is 19.5 Å². The van der Waals surface area contributed by atoms with Crippen LogP contribution in [0.2, 0.25) is 0 Å². The van der Waals surface area contributed by atoms with Crippen molar-refractivity contribution in [3.05, 3.63) is 72.6 Å². The zero-order valence-corrected chi connectivity index (χ0v) is 24.9. The summed E-state index contributed by atoms with van der Waals surface area (Å²) in [5.41, 5.74) is 1.91. The molecule has 0 saturated carbocycles. The molecule has 9 nitrogen and oxygen atoms in total. The SMILES string of the molecule is CCSC.C[C@H](NC(=O)CN(Cc1cccc2ccccc12)C[C@@H]1CCCN1C(=O)CNc1ccncc1)C(=O)O. The highest BCUT2D eigenvalue weighted by molar-refractivity contribution is 7.98. The van der Waals surface area contributed by atoms with Gasteiger partial charge in [-0.05, 0) is 60.2 Å². The number of carbonyl (C=O) groups is 3. The monoisotopic (exact) mass is 579 g/mol. The summed E-state index contributed by atoms with van der Waals surface area (Å²) in [4.78, 5) is 45.0. The summed E-state index contributed by atoms with van der Waals surface area (Å²) >= 11 is 1.86. The molecule has 3 N–H and O–H groups in total. The molecule has 2 aromatic carbocycles. The van der Waals surface area contributed by atoms with Crippen LogP contribution in [0.5, 0.6) is 0 Å². The van der Waals surface area contributed by atoms with Crippen molar-refractivity contribution in [3.8, 4) is 0 Å². The van der Waals surface area contributed by atoms with Gasteiger partial charge in [-0.15, -0.1) is 0 Å². The minimum Gasteiger partial charge on any atom is -0.480 e. The average Bonchev–Trinajstić information content (AvgIpc) is 3.44. The normalized spacial score (nSPS) is 15.2. The lowest BCUT2D eigenvalue weighted by Gasteiger charge is -2.31. The van der Waals surface area contributed by atoms with E-state index in [1.807, 2.05) is 58.0 Å². The first-order chi connectivity index (χ1) is 19.8. The molecule has 2 atom stereocenters. The number of hydrogen-bond donors (Lipinski definition) is 3. The van der Waals surface area contributed by atoms with Gasteiger partial charge in [0.1, 0.15) is 6.04 Å². The lowest BCUT2D eigenvalue weighted by atomic mass is 10.0. The molecule has 0 bridgehead atoms. The van der Waals surface area contributed by atoms with Gasteiger partial charge < -0.3 is 20.6 Å². The molecule has 2 amide bonds. The Bertz CT molecular complexity index is 1270. The van der Waals surface area contributed by atoms with E-state index in [0.29, 0.717) is 19.6 Å². The molecule has 1 fully saturated rings. The van der Waals surface area contributed by atoms with Crippen LogP contribution in [0.4, 0.5) is 5.69 Å². The predicted octanol–water partition coefficient (Wildman–Crippen LogP) is 4.10. The average molecular weight is 580 g/mol. The lowest BCUT2D eigenvalue weighted by Crippen LogP contribution is -2.48. The van der Waals surface area contributed by atoms with Gasteiger partial charge in [-0.3, -0.25) is 24.3 Å². The van der Waals surface area contributed by atoms with E-state index >= 15 is 0 Å². The van der Waals surface area contributed by atoms with Crippen LogP contribution in [-0.2, 0) is 20.9 Å². The standard InChI is InChI=1S/C28H33N5O4.C3H8S/c1-20(28(36)37)31-26(34)19-32(17-22-8-4-7-21-6-2-3-10-25(21)22)18-24-9-5-15-33(24)27(35)16-30-23-11-13-29-14-12-23;1-3-4-2/h2-4,6-8,10-14,20,24H,5,9,15-19H2,1H3,(H,29,30)(H,31,34)(H,36,37);3H2,1-2H3/t20-,24-;/m0./s1. The number of pyridine rings is 1. The quantitative estimate of drug-likeness (QED) is 0.294. The van der Waals surface area contributed by atoms with E-state index in [1.165, 1.54) is 12.7 Å². The van der Waals surface area contributed by atoms with E-state index in [2.05, 4.69) is 47.0 Å². The van der Waals surface area contributed by atoms with Crippen LogP contribution < -0.4 is 10.6 Å². The Morgan fingerprint density at radius 1 is 1.12 bits per heavy atom. The van der Waals surface area contributed by atoms with E-state index in [4.69, 9.17) is 0 Å². The van der Waals surface area contributed by atoms with E-state index < -0.39 is 12.0 Å². The Morgan fingerprint density at radius 3 is 2.54 bits per heavy atom. The van der Waals surface area contributed by atoms with Crippen LogP contribution in [0, 0.1) is 0 Å². The summed E-state index contributed by atoms with van der Waals surface area (Å²) in [6.45, 7) is 5.50. The number of rotatable bonds is 12. The molecule has 1 aliphatic rings. The summed E-state index contributed by atoms with van der Waals surface area (Å²) in [5.74, 6) is -0.193. The van der Waals surface area contributed by atoms with Crippen LogP contribution in [-0.4, -0.2) is 87.9 Å². The molecule has 41 heavy (non-hydrogen) atoms. The Hall–Kier alpha value is -3.63. The fourth-order valence-electron chi connectivity index (χ4n) is 4.81. The first-order valence-corrected chi connectivity index (χ1v) is 15.3. The first-order valence-electron chi connectivity index (χ1n) is 14.0. The molecule has 10 heteroatoms. The van der Waals surface area contributed by atoms with Crippen LogP contribution in [0.25, 0.3) is 10.8 Å². The third-order valence-electron chi connectivity index (χ3n) is 6.97. The van der Waals surface area contributed by atoms with Crippen LogP contribution >= 0.6 is 11.8 Å². The van der Waals surface area contributed by atoms with E-state index in [0.717, 1.165) is 34.9 Å². The second-order valence-corrected chi connectivity index (χ2v) is 11.1. The number of nitrogens with zero attached hydrogens (tertiary/aromatic N) is 3. The molecule has 1 saturated heterocycles. The summed E-state index contributed by atoms with van der Waals surface area (Å²) in [6.07, 6.45) is 7.19. The summed E-state index contributed by atoms with van der Waals surface area (Å²) in [5, 5.41) is 17.1. The highest BCUT2D eigenvalue weighted by Crippen LogP contribution is 2.23. The van der Waals surface area contributed by atoms with Crippen molar-refractivity contribution < 1.29 is 19.5 Å². The number of likely N-dealkylation sites (tertiary alicyclic amines) is 1. The van der Waals surface area contributed by atoms with E-state index in [-0.39, 0.29) is 30.9 Å². The molecule has 220 valence electrons. The second-order valence-electron chi connectivity index (χ2n) is 9.99. The van der Waals surface area contributed by atoms with Crippen molar-refractivity contribution in [3.63, 3.8) is 0 Å². The Labute approximate surface area is 246 Å². The fraction of sp³-hybridized carbons (Fsp3) is 0.419. The second kappa shape index (κ2) is 16.6. The topological polar surface area (TPSA) is 115 Å². The number of carbonyl (C=O) groups excluding carboxylic acids is 2. The van der Waals surface area contributed by atoms with Gasteiger partial charge in [0.2, 0.25) is 11.8 Å². The number of fused-ring (bicyclic) bond motifs is 1. The highest BCUT2D eigenvalue weighted by Gasteiger charge is 2.31. The maximum atomic E-state index is 13.1. The van der Waals surface area contributed by atoms with Gasteiger partial charge in [0, 0.05) is 43.8 Å². The van der Waals surface area contributed by atoms with Crippen molar-refractivity contribution in [2.75, 3.05) is 43.5 Å². The van der Waals surface area contributed by atoms with Crippen molar-refractivity contribution in [1.82, 2.24) is 20.1 Å². The number of carboxylic acid groups (broad SMARTS) is 1. The van der Waals surface area contributed by atoms with Crippen LogP contribution in [0.1, 0.15) is 32.3 Å². The lowest BCUT2D eigenvalue weighted by molar-refractivity contribution is -0.141. The molecular weight excluding hydrogens is 538 g/mol. The van der Waals surface area contributed by atoms with Gasteiger partial charge in [0.05, 0.1) is 13.1 Å². The van der Waals surface area contributed by atoms with Gasteiger partial charge in [-0.2, -0.15) is 11.8 Å². The van der Waals surface area contributed by atoms with Crippen molar-refractivity contribution in [2.24, 2.45) is 0 Å². The molecule has 4 rings (SSSR count). The third kappa shape index (κ3) is 10.1. The Kier molecular flexibility index (Phi) is 12.9. The van der Waals surface area contributed by atoms with Crippen LogP contribution in [0.3, 0.4) is 0 Å². The van der Waals surface area contributed by atoms with Gasteiger partial charge in [-0.1, -0.05) is 49.4 Å². The van der Waals surface area contributed by atoms with Crippen molar-refractivity contribution in [2.45, 2.75) is 45.3 Å². The molecule has 2 heterocycles. The predicted molar refractivity (Wildman–Crippen MR) is 166 cm³/mol. The third-order valence-corrected chi connectivity index (χ3v) is 7.55. The zero-order valence-electron chi connectivity index (χ0n) is 24.1. The van der Waals surface area contributed by atoms with E-state index in [1.54, 1.807) is 12.4 Å². The number of carboxylic acids is 1. The molecule has 0 spiro atoms. The molecule has 1 aromatic heterocycles. The van der Waals surface area contributed by atoms with Gasteiger partial charge in [0.25, 0.3) is 0 Å². The van der Waals surface area contributed by atoms with Gasteiger partial charge in [0.15, 0.2) is 0 Å². The van der Waals surface area contributed by atoms with Crippen LogP contribution in [0.15, 0.2) is 67.0 Å². The molecule has 0 unspecified atom stereocenters. The fourth-order valence-corrected chi connectivity index (χ4v) is 4.81. The molecule has 1 aliphatic heterocycles. The van der Waals surface area contributed by atoms with Gasteiger partial charge >= 0.3 is 5.97 Å². The number of thioether (sulfide) groups is 1. The number of aromatic nitrogens is 1. The number of aliphatic carboxylic acids is 1. The molecule has 3 aromatic rings. The van der Waals surface area contributed by atoms with Crippen molar-refractivity contribution in [1.29, 1.82) is 0 Å². The number of benzene rings is 2. The molecule has 0 aliphatic carbocycles. The zero-order chi connectivity index (χ0) is 29.6. The maximum absolute atomic E-state index is 13.1. The summed E-state index contributed by atoms with van der Waals surface area (Å²) in [7, 11) is 0. The number of hydrogen-bond acceptors (Lipinski definition) is 7. The largest absolute Gasteiger partial charge is 0.480 e. The Balaban J connectivity index is 0.00000108. The summed E-state index contributed by atoms with van der Waals surface area (Å²) in [6, 6.07) is 16.8. The first kappa shape index (κ1) is 31.9. The summed E-state index contributed by atoms with van der Waals surface area (Å²) < 4.78 is 0. The smallest absolute Gasteiger partial charge is 0.325 e. The molecular formula is C31H41N5O4S. The highest BCUT2D eigenvalue weighted by atomic mass is 32.2. The minimum absolute atomic E-state index is 0.00775. The molecule has 0 radical (unpaired) electrons. The maximum Gasteiger partial charge on any atom is 0.325 e. The Morgan fingerprint density at radius 2 is 1.83 bits per heavy atom. The number of nitrogens with one attached hydrogen (secondary N) is 2. The number of amides is 2. The minimum atomic E-state index is -1.08. The van der Waals surface area contributed by atoms with Gasteiger partial charge in [-0.25, -0.2) is 0 Å². The van der Waals surface area contributed by atoms with Crippen molar-refractivity contribution >= 4 is 46.0 Å².